The summed E-state index contributed by atoms with van der Waals surface area (Å²) in [5, 5.41) is 10.1. The number of hydrogen-bond donors (Lipinski definition) is 0. The zero-order chi connectivity index (χ0) is 25.2. The van der Waals surface area contributed by atoms with Gasteiger partial charge in [0.1, 0.15) is 12.4 Å². The number of benzene rings is 2. The number of aromatic nitrogens is 1. The first-order chi connectivity index (χ1) is 17.6. The Bertz CT molecular complexity index is 1100. The van der Waals surface area contributed by atoms with Gasteiger partial charge in [-0.1, -0.05) is 62.4 Å². The third-order valence-corrected chi connectivity index (χ3v) is 7.49. The summed E-state index contributed by atoms with van der Waals surface area (Å²) in [5.41, 5.74) is 2.97. The summed E-state index contributed by atoms with van der Waals surface area (Å²) in [4.78, 5) is 9.24. The number of pyridine rings is 1. The largest absolute Gasteiger partial charge is 0.492 e. The third-order valence-electron chi connectivity index (χ3n) is 7.49. The van der Waals surface area contributed by atoms with Crippen LogP contribution in [0.3, 0.4) is 0 Å². The maximum absolute atomic E-state index is 10.1. The first-order valence-electron chi connectivity index (χ1n) is 13.2. The normalized spacial score (nSPS) is 16.4. The molecule has 1 aromatic heterocycles. The van der Waals surface area contributed by atoms with E-state index in [0.717, 1.165) is 74.6 Å². The molecule has 188 valence electrons. The van der Waals surface area contributed by atoms with Crippen molar-refractivity contribution in [1.29, 1.82) is 5.26 Å². The van der Waals surface area contributed by atoms with E-state index in [0.29, 0.717) is 6.61 Å². The highest BCUT2D eigenvalue weighted by molar-refractivity contribution is 5.63. The lowest BCUT2D eigenvalue weighted by atomic mass is 9.70. The number of nitriles is 1. The predicted octanol–water partition coefficient (Wildman–Crippen LogP) is 5.64. The molecule has 0 saturated carbocycles. The van der Waals surface area contributed by atoms with Gasteiger partial charge in [-0.15, -0.1) is 0 Å². The van der Waals surface area contributed by atoms with Crippen molar-refractivity contribution in [1.82, 2.24) is 14.8 Å². The minimum atomic E-state index is -0.408. The molecule has 0 amide bonds. The van der Waals surface area contributed by atoms with Crippen molar-refractivity contribution in [3.05, 3.63) is 84.7 Å². The number of nitrogens with zero attached hydrogens (tertiary/aromatic N) is 4. The summed E-state index contributed by atoms with van der Waals surface area (Å²) in [6.07, 6.45) is 5.61. The average molecular weight is 483 g/mol. The van der Waals surface area contributed by atoms with Crippen LogP contribution < -0.4 is 4.74 Å². The molecule has 4 rings (SSSR count). The molecule has 1 saturated heterocycles. The standard InChI is InChI=1S/C31H38N4O/c1-26(2)31(25-32,29-11-4-3-5-12-29)14-8-16-34-17-19-35(20-18-34)21-22-36-30-13-6-9-27(23-30)28-10-7-15-33-24-28/h3-7,9-13,15,23-24,26H,8,14,16-22H2,1-2H3. The molecule has 0 aliphatic carbocycles. The molecule has 36 heavy (non-hydrogen) atoms. The highest BCUT2D eigenvalue weighted by Crippen LogP contribution is 2.36. The van der Waals surface area contributed by atoms with Crippen molar-refractivity contribution in [2.24, 2.45) is 5.92 Å². The molecule has 2 aromatic carbocycles. The van der Waals surface area contributed by atoms with E-state index in [1.165, 1.54) is 0 Å². The molecular formula is C31H38N4O. The van der Waals surface area contributed by atoms with E-state index in [9.17, 15) is 5.26 Å². The summed E-state index contributed by atoms with van der Waals surface area (Å²) in [6, 6.07) is 25.3. The molecule has 0 N–H and O–H groups in total. The van der Waals surface area contributed by atoms with Crippen LogP contribution in [0, 0.1) is 17.2 Å². The lowest BCUT2D eigenvalue weighted by Crippen LogP contribution is -2.47. The maximum atomic E-state index is 10.1. The minimum absolute atomic E-state index is 0.284. The van der Waals surface area contributed by atoms with Gasteiger partial charge in [-0.2, -0.15) is 5.26 Å². The SMILES string of the molecule is CC(C)C(C#N)(CCCN1CCN(CCOc2cccc(-c3cccnc3)c2)CC1)c1ccccc1. The van der Waals surface area contributed by atoms with Gasteiger partial charge in [0.15, 0.2) is 0 Å². The summed E-state index contributed by atoms with van der Waals surface area (Å²) < 4.78 is 6.07. The van der Waals surface area contributed by atoms with Crippen LogP contribution in [0.4, 0.5) is 0 Å². The van der Waals surface area contributed by atoms with Crippen LogP contribution in [0.25, 0.3) is 11.1 Å². The highest BCUT2D eigenvalue weighted by Gasteiger charge is 2.35. The van der Waals surface area contributed by atoms with Gasteiger partial charge in [0, 0.05) is 50.7 Å². The number of piperazine rings is 1. The molecule has 2 heterocycles. The fourth-order valence-corrected chi connectivity index (χ4v) is 5.16. The Morgan fingerprint density at radius 2 is 1.64 bits per heavy atom. The molecule has 5 heteroatoms. The Labute approximate surface area is 216 Å². The van der Waals surface area contributed by atoms with Gasteiger partial charge in [-0.05, 0) is 54.6 Å². The topological polar surface area (TPSA) is 52.4 Å². The van der Waals surface area contributed by atoms with Crippen LogP contribution in [0.5, 0.6) is 5.75 Å². The Morgan fingerprint density at radius 3 is 2.31 bits per heavy atom. The zero-order valence-electron chi connectivity index (χ0n) is 21.6. The summed E-state index contributed by atoms with van der Waals surface area (Å²) >= 11 is 0. The smallest absolute Gasteiger partial charge is 0.119 e. The molecule has 0 bridgehead atoms. The summed E-state index contributed by atoms with van der Waals surface area (Å²) in [7, 11) is 0. The lowest BCUT2D eigenvalue weighted by Gasteiger charge is -2.36. The van der Waals surface area contributed by atoms with E-state index in [4.69, 9.17) is 4.74 Å². The van der Waals surface area contributed by atoms with Crippen molar-refractivity contribution in [3.63, 3.8) is 0 Å². The van der Waals surface area contributed by atoms with Crippen LogP contribution in [-0.4, -0.2) is 60.7 Å². The second-order valence-corrected chi connectivity index (χ2v) is 10.0. The lowest BCUT2D eigenvalue weighted by molar-refractivity contribution is 0.114. The van der Waals surface area contributed by atoms with Gasteiger partial charge in [-0.3, -0.25) is 9.88 Å². The van der Waals surface area contributed by atoms with Crippen molar-refractivity contribution in [2.45, 2.75) is 32.1 Å². The van der Waals surface area contributed by atoms with Crippen LogP contribution in [0.1, 0.15) is 32.3 Å². The fourth-order valence-electron chi connectivity index (χ4n) is 5.16. The fraction of sp³-hybridized carbons (Fsp3) is 0.419. The molecule has 1 fully saturated rings. The first kappa shape index (κ1) is 25.9. The van der Waals surface area contributed by atoms with Gasteiger partial charge in [0.2, 0.25) is 0 Å². The molecule has 1 unspecified atom stereocenters. The van der Waals surface area contributed by atoms with Crippen molar-refractivity contribution in [3.8, 4) is 22.9 Å². The van der Waals surface area contributed by atoms with Crippen LogP contribution in [-0.2, 0) is 5.41 Å². The first-order valence-corrected chi connectivity index (χ1v) is 13.2. The molecule has 1 aliphatic rings. The van der Waals surface area contributed by atoms with Gasteiger partial charge >= 0.3 is 0 Å². The van der Waals surface area contributed by atoms with Crippen LogP contribution >= 0.6 is 0 Å². The highest BCUT2D eigenvalue weighted by atomic mass is 16.5. The molecule has 1 aliphatic heterocycles. The predicted molar refractivity (Wildman–Crippen MR) is 146 cm³/mol. The maximum Gasteiger partial charge on any atom is 0.119 e. The molecular weight excluding hydrogens is 444 g/mol. The average Bonchev–Trinajstić information content (AvgIpc) is 2.93. The Hall–Kier alpha value is -3.20. The Balaban J connectivity index is 1.19. The van der Waals surface area contributed by atoms with Crippen molar-refractivity contribution in [2.75, 3.05) is 45.9 Å². The molecule has 3 aromatic rings. The van der Waals surface area contributed by atoms with Crippen molar-refractivity contribution < 1.29 is 4.74 Å². The second-order valence-electron chi connectivity index (χ2n) is 10.0. The monoisotopic (exact) mass is 482 g/mol. The number of rotatable bonds is 11. The zero-order valence-corrected chi connectivity index (χ0v) is 21.6. The van der Waals surface area contributed by atoms with E-state index in [2.05, 4.69) is 65.0 Å². The van der Waals surface area contributed by atoms with E-state index in [1.54, 1.807) is 6.20 Å². The van der Waals surface area contributed by atoms with E-state index in [-0.39, 0.29) is 5.92 Å². The third kappa shape index (κ3) is 6.51. The molecule has 1 atom stereocenters. The summed E-state index contributed by atoms with van der Waals surface area (Å²) in [6.45, 7) is 11.3. The quantitative estimate of drug-likeness (QED) is 0.354. The molecule has 0 spiro atoms. The molecule has 0 radical (unpaired) electrons. The van der Waals surface area contributed by atoms with Crippen molar-refractivity contribution >= 4 is 0 Å². The van der Waals surface area contributed by atoms with E-state index >= 15 is 0 Å². The Kier molecular flexibility index (Phi) is 9.11. The summed E-state index contributed by atoms with van der Waals surface area (Å²) in [5.74, 6) is 1.19. The van der Waals surface area contributed by atoms with Gasteiger partial charge < -0.3 is 9.64 Å². The number of hydrogen-bond acceptors (Lipinski definition) is 5. The van der Waals surface area contributed by atoms with Gasteiger partial charge in [-0.25, -0.2) is 0 Å². The minimum Gasteiger partial charge on any atom is -0.492 e. The van der Waals surface area contributed by atoms with E-state index in [1.807, 2.05) is 42.6 Å². The number of ether oxygens (including phenoxy) is 1. The van der Waals surface area contributed by atoms with Crippen LogP contribution in [0.2, 0.25) is 0 Å². The molecule has 5 nitrogen and oxygen atoms in total. The van der Waals surface area contributed by atoms with Crippen LogP contribution in [0.15, 0.2) is 79.1 Å². The second kappa shape index (κ2) is 12.7. The Morgan fingerprint density at radius 1 is 0.917 bits per heavy atom. The van der Waals surface area contributed by atoms with E-state index < -0.39 is 5.41 Å². The van der Waals surface area contributed by atoms with Gasteiger partial charge in [0.05, 0.1) is 11.5 Å². The van der Waals surface area contributed by atoms with Gasteiger partial charge in [0.25, 0.3) is 0 Å².